The molecule has 0 aromatic carbocycles. The van der Waals surface area contributed by atoms with Gasteiger partial charge < -0.3 is 5.11 Å². The predicted molar refractivity (Wildman–Crippen MR) is 40.8 cm³/mol. The van der Waals surface area contributed by atoms with Crippen LogP contribution in [-0.2, 0) is 4.79 Å². The number of hydrogen-bond acceptors (Lipinski definition) is 1. The minimum Gasteiger partial charge on any atom is -0.481 e. The van der Waals surface area contributed by atoms with Gasteiger partial charge >= 0.3 is 5.97 Å². The van der Waals surface area contributed by atoms with E-state index in [-0.39, 0.29) is 6.42 Å². The van der Waals surface area contributed by atoms with Gasteiger partial charge in [0, 0.05) is 6.42 Å². The van der Waals surface area contributed by atoms with Gasteiger partial charge in [0.15, 0.2) is 0 Å². The van der Waals surface area contributed by atoms with Crippen LogP contribution in [0.4, 0.5) is 0 Å². The third kappa shape index (κ3) is 3.89. The van der Waals surface area contributed by atoms with Crippen molar-refractivity contribution in [3.8, 4) is 0 Å². The topological polar surface area (TPSA) is 37.3 Å². The van der Waals surface area contributed by atoms with Crippen molar-refractivity contribution < 1.29 is 9.90 Å². The first-order chi connectivity index (χ1) is 4.70. The molecule has 0 spiro atoms. The van der Waals surface area contributed by atoms with Gasteiger partial charge in [-0.15, -0.1) is 0 Å². The molecular formula is C8H12O2. The van der Waals surface area contributed by atoms with Crippen molar-refractivity contribution in [1.82, 2.24) is 0 Å². The Morgan fingerprint density at radius 2 is 2.20 bits per heavy atom. The Labute approximate surface area is 60.9 Å². The van der Waals surface area contributed by atoms with E-state index in [4.69, 9.17) is 5.11 Å². The minimum atomic E-state index is -0.763. The summed E-state index contributed by atoms with van der Waals surface area (Å²) in [4.78, 5) is 10.1. The smallest absolute Gasteiger partial charge is 0.303 e. The normalized spacial score (nSPS) is 11.1. The van der Waals surface area contributed by atoms with Crippen molar-refractivity contribution in [1.29, 1.82) is 0 Å². The Bertz CT molecular complexity index is 157. The monoisotopic (exact) mass is 140 g/mol. The molecule has 56 valence electrons. The number of carboxylic acid groups (broad SMARTS) is 1. The van der Waals surface area contributed by atoms with Crippen LogP contribution in [-0.4, -0.2) is 11.1 Å². The number of rotatable bonds is 4. The molecule has 0 amide bonds. The summed E-state index contributed by atoms with van der Waals surface area (Å²) < 4.78 is 0. The molecule has 0 aromatic heterocycles. The molecule has 0 saturated heterocycles. The molecule has 0 aliphatic rings. The fourth-order valence-corrected chi connectivity index (χ4v) is 0.616. The van der Waals surface area contributed by atoms with E-state index in [1.54, 1.807) is 6.08 Å². The number of aliphatic carboxylic acids is 1. The van der Waals surface area contributed by atoms with E-state index in [0.717, 1.165) is 5.57 Å². The second-order valence-electron chi connectivity index (χ2n) is 1.96. The highest BCUT2D eigenvalue weighted by molar-refractivity contribution is 5.67. The quantitative estimate of drug-likeness (QED) is 0.606. The molecule has 0 aliphatic heterocycles. The standard InChI is InChI=1S/C8H12O2/c1-3-7(4-2)5-6-8(9)10/h3-4H,1,5-6H2,2H3,(H,9,10)/b7-4+. The van der Waals surface area contributed by atoms with Gasteiger partial charge in [-0.3, -0.25) is 4.79 Å². The van der Waals surface area contributed by atoms with E-state index in [1.807, 2.05) is 13.0 Å². The van der Waals surface area contributed by atoms with Crippen molar-refractivity contribution in [3.63, 3.8) is 0 Å². The Kier molecular flexibility index (Phi) is 4.29. The number of carbonyl (C=O) groups is 1. The molecular weight excluding hydrogens is 128 g/mol. The average Bonchev–Trinajstić information content (AvgIpc) is 1.90. The van der Waals surface area contributed by atoms with Gasteiger partial charge in [0.2, 0.25) is 0 Å². The molecule has 0 radical (unpaired) electrons. The van der Waals surface area contributed by atoms with E-state index in [1.165, 1.54) is 0 Å². The summed E-state index contributed by atoms with van der Waals surface area (Å²) in [7, 11) is 0. The van der Waals surface area contributed by atoms with Crippen molar-refractivity contribution >= 4 is 5.97 Å². The lowest BCUT2D eigenvalue weighted by molar-refractivity contribution is -0.136. The highest BCUT2D eigenvalue weighted by Gasteiger charge is 1.96. The first-order valence-corrected chi connectivity index (χ1v) is 3.20. The lowest BCUT2D eigenvalue weighted by Gasteiger charge is -1.95. The molecule has 0 unspecified atom stereocenters. The van der Waals surface area contributed by atoms with Crippen LogP contribution in [0.2, 0.25) is 0 Å². The van der Waals surface area contributed by atoms with Crippen LogP contribution in [0.3, 0.4) is 0 Å². The van der Waals surface area contributed by atoms with Crippen LogP contribution in [0.25, 0.3) is 0 Å². The molecule has 0 aromatic rings. The zero-order valence-electron chi connectivity index (χ0n) is 6.13. The van der Waals surface area contributed by atoms with Crippen LogP contribution >= 0.6 is 0 Å². The Hall–Kier alpha value is -1.05. The molecule has 0 saturated carbocycles. The largest absolute Gasteiger partial charge is 0.481 e. The Balaban J connectivity index is 3.66. The van der Waals surface area contributed by atoms with Gasteiger partial charge in [0.05, 0.1) is 0 Å². The molecule has 0 bridgehead atoms. The molecule has 2 heteroatoms. The summed E-state index contributed by atoms with van der Waals surface area (Å²) in [6.07, 6.45) is 4.32. The predicted octanol–water partition coefficient (Wildman–Crippen LogP) is 1.98. The van der Waals surface area contributed by atoms with Crippen LogP contribution in [0.5, 0.6) is 0 Å². The van der Waals surface area contributed by atoms with Crippen molar-refractivity contribution in [3.05, 3.63) is 24.3 Å². The molecule has 10 heavy (non-hydrogen) atoms. The second-order valence-corrected chi connectivity index (χ2v) is 1.96. The lowest BCUT2D eigenvalue weighted by Crippen LogP contribution is -1.94. The van der Waals surface area contributed by atoms with E-state index in [2.05, 4.69) is 6.58 Å². The molecule has 0 aliphatic carbocycles. The number of allylic oxidation sites excluding steroid dienone is 3. The third-order valence-electron chi connectivity index (χ3n) is 1.26. The molecule has 0 rings (SSSR count). The first kappa shape index (κ1) is 8.95. The van der Waals surface area contributed by atoms with Crippen LogP contribution in [0.1, 0.15) is 19.8 Å². The Morgan fingerprint density at radius 3 is 2.50 bits per heavy atom. The van der Waals surface area contributed by atoms with Crippen LogP contribution < -0.4 is 0 Å². The summed E-state index contributed by atoms with van der Waals surface area (Å²) in [5.74, 6) is -0.763. The van der Waals surface area contributed by atoms with Crippen molar-refractivity contribution in [2.75, 3.05) is 0 Å². The highest BCUT2D eigenvalue weighted by Crippen LogP contribution is 2.04. The molecule has 2 nitrogen and oxygen atoms in total. The Morgan fingerprint density at radius 1 is 1.60 bits per heavy atom. The van der Waals surface area contributed by atoms with Gasteiger partial charge in [-0.1, -0.05) is 24.3 Å². The maximum atomic E-state index is 10.1. The fourth-order valence-electron chi connectivity index (χ4n) is 0.616. The van der Waals surface area contributed by atoms with E-state index >= 15 is 0 Å². The molecule has 0 fully saturated rings. The zero-order chi connectivity index (χ0) is 7.98. The van der Waals surface area contributed by atoms with Gasteiger partial charge in [-0.2, -0.15) is 0 Å². The maximum Gasteiger partial charge on any atom is 0.303 e. The second kappa shape index (κ2) is 4.79. The summed E-state index contributed by atoms with van der Waals surface area (Å²) in [5.41, 5.74) is 0.988. The van der Waals surface area contributed by atoms with Gasteiger partial charge in [0.1, 0.15) is 0 Å². The first-order valence-electron chi connectivity index (χ1n) is 3.20. The van der Waals surface area contributed by atoms with E-state index in [9.17, 15) is 4.79 Å². The molecule has 0 atom stereocenters. The van der Waals surface area contributed by atoms with Crippen molar-refractivity contribution in [2.45, 2.75) is 19.8 Å². The maximum absolute atomic E-state index is 10.1. The minimum absolute atomic E-state index is 0.186. The molecule has 1 N–H and O–H groups in total. The average molecular weight is 140 g/mol. The van der Waals surface area contributed by atoms with Gasteiger partial charge in [-0.25, -0.2) is 0 Å². The zero-order valence-corrected chi connectivity index (χ0v) is 6.13. The summed E-state index contributed by atoms with van der Waals surface area (Å²) >= 11 is 0. The fraction of sp³-hybridized carbons (Fsp3) is 0.375. The van der Waals surface area contributed by atoms with Gasteiger partial charge in [-0.05, 0) is 13.3 Å². The highest BCUT2D eigenvalue weighted by atomic mass is 16.4. The summed E-state index contributed by atoms with van der Waals surface area (Å²) in [6.45, 7) is 5.42. The SMILES string of the molecule is C=C/C(=C\C)CCC(=O)O. The van der Waals surface area contributed by atoms with Crippen LogP contribution in [0, 0.1) is 0 Å². The van der Waals surface area contributed by atoms with Gasteiger partial charge in [0.25, 0.3) is 0 Å². The number of hydrogen-bond donors (Lipinski definition) is 1. The third-order valence-corrected chi connectivity index (χ3v) is 1.26. The van der Waals surface area contributed by atoms with E-state index in [0.29, 0.717) is 6.42 Å². The number of carboxylic acids is 1. The van der Waals surface area contributed by atoms with E-state index < -0.39 is 5.97 Å². The molecule has 0 heterocycles. The van der Waals surface area contributed by atoms with Crippen molar-refractivity contribution in [2.24, 2.45) is 0 Å². The summed E-state index contributed by atoms with van der Waals surface area (Å²) in [5, 5.41) is 8.29. The lowest BCUT2D eigenvalue weighted by atomic mass is 10.1. The van der Waals surface area contributed by atoms with Crippen LogP contribution in [0.15, 0.2) is 24.3 Å². The summed E-state index contributed by atoms with van der Waals surface area (Å²) in [6, 6.07) is 0.